The van der Waals surface area contributed by atoms with Crippen molar-refractivity contribution < 1.29 is 4.92 Å². The van der Waals surface area contributed by atoms with E-state index in [1.807, 2.05) is 0 Å². The van der Waals surface area contributed by atoms with Crippen molar-refractivity contribution in [2.24, 2.45) is 5.84 Å². The molecule has 1 aliphatic carbocycles. The van der Waals surface area contributed by atoms with Crippen molar-refractivity contribution in [3.8, 4) is 5.82 Å². The Morgan fingerprint density at radius 3 is 2.86 bits per heavy atom. The van der Waals surface area contributed by atoms with Crippen molar-refractivity contribution in [1.82, 2.24) is 19.5 Å². The van der Waals surface area contributed by atoms with Crippen molar-refractivity contribution >= 4 is 11.6 Å². The van der Waals surface area contributed by atoms with Gasteiger partial charge in [0.05, 0.1) is 10.6 Å². The summed E-state index contributed by atoms with van der Waals surface area (Å²) in [7, 11) is 0. The number of nitro groups is 1. The van der Waals surface area contributed by atoms with Gasteiger partial charge in [-0.3, -0.25) is 20.1 Å². The first-order chi connectivity index (χ1) is 10.1. The quantitative estimate of drug-likeness (QED) is 0.491. The Morgan fingerprint density at radius 2 is 2.14 bits per heavy atom. The monoisotopic (exact) mass is 289 g/mol. The Balaban J connectivity index is 2.23. The van der Waals surface area contributed by atoms with Gasteiger partial charge < -0.3 is 0 Å². The molecule has 0 fully saturated rings. The fraction of sp³-hybridized carbons (Fsp3) is 0.417. The maximum Gasteiger partial charge on any atom is 0.333 e. The third-order valence-electron chi connectivity index (χ3n) is 3.61. The van der Waals surface area contributed by atoms with Crippen LogP contribution in [0.4, 0.5) is 11.6 Å². The molecule has 21 heavy (non-hydrogen) atoms. The van der Waals surface area contributed by atoms with Crippen LogP contribution >= 0.6 is 0 Å². The van der Waals surface area contributed by atoms with Gasteiger partial charge in [-0.15, -0.1) is 0 Å². The lowest BCUT2D eigenvalue weighted by Crippen LogP contribution is -2.16. The van der Waals surface area contributed by atoms with Crippen molar-refractivity contribution in [2.45, 2.75) is 32.6 Å². The number of hydrogen-bond acceptors (Lipinski definition) is 7. The number of anilines is 1. The lowest BCUT2D eigenvalue weighted by molar-refractivity contribution is -0.385. The molecule has 2 aromatic rings. The molecule has 0 saturated carbocycles. The SMILES string of the molecule is Cc1nc(NN)nc(-n2cnc3c2CCCC3)c1[N+](=O)[O-]. The van der Waals surface area contributed by atoms with Gasteiger partial charge in [-0.2, -0.15) is 4.98 Å². The lowest BCUT2D eigenvalue weighted by atomic mass is 10.0. The third-order valence-corrected chi connectivity index (χ3v) is 3.61. The normalized spacial score (nSPS) is 13.8. The van der Waals surface area contributed by atoms with Crippen LogP contribution in [0.3, 0.4) is 0 Å². The summed E-state index contributed by atoms with van der Waals surface area (Å²) in [6, 6.07) is 0. The number of hydrazine groups is 1. The Kier molecular flexibility index (Phi) is 3.26. The molecule has 0 radical (unpaired) electrons. The van der Waals surface area contributed by atoms with E-state index in [2.05, 4.69) is 20.4 Å². The van der Waals surface area contributed by atoms with Crippen molar-refractivity contribution in [1.29, 1.82) is 0 Å². The zero-order valence-electron chi connectivity index (χ0n) is 11.5. The molecule has 9 nitrogen and oxygen atoms in total. The topological polar surface area (TPSA) is 125 Å². The highest BCUT2D eigenvalue weighted by Crippen LogP contribution is 2.29. The summed E-state index contributed by atoms with van der Waals surface area (Å²) in [6.45, 7) is 1.56. The van der Waals surface area contributed by atoms with Crippen molar-refractivity contribution in [3.05, 3.63) is 33.5 Å². The minimum Gasteiger partial charge on any atom is -0.292 e. The van der Waals surface area contributed by atoms with Gasteiger partial charge in [0.1, 0.15) is 12.0 Å². The highest BCUT2D eigenvalue weighted by molar-refractivity contribution is 5.54. The zero-order chi connectivity index (χ0) is 15.0. The fourth-order valence-electron chi connectivity index (χ4n) is 2.65. The molecule has 1 aliphatic rings. The summed E-state index contributed by atoms with van der Waals surface area (Å²) in [4.78, 5) is 23.4. The molecule has 0 unspecified atom stereocenters. The second-order valence-corrected chi connectivity index (χ2v) is 4.92. The molecule has 3 N–H and O–H groups in total. The maximum absolute atomic E-state index is 11.3. The maximum atomic E-state index is 11.3. The standard InChI is InChI=1S/C12H15N7O2/c1-7-10(19(20)21)11(16-12(15-7)17-13)18-6-14-8-4-2-3-5-9(8)18/h6H,2-5,13H2,1H3,(H,15,16,17). The number of fused-ring (bicyclic) bond motifs is 1. The molecular formula is C12H15N7O2. The average Bonchev–Trinajstić information content (AvgIpc) is 2.89. The average molecular weight is 289 g/mol. The Labute approximate surface area is 120 Å². The number of nitrogen functional groups attached to an aromatic ring is 1. The number of nitrogens with zero attached hydrogens (tertiary/aromatic N) is 5. The first kappa shape index (κ1) is 13.4. The molecule has 0 saturated heterocycles. The van der Waals surface area contributed by atoms with Gasteiger partial charge in [0.2, 0.25) is 11.8 Å². The molecule has 0 aromatic carbocycles. The molecule has 0 atom stereocenters. The Morgan fingerprint density at radius 1 is 1.38 bits per heavy atom. The van der Waals surface area contributed by atoms with E-state index in [0.717, 1.165) is 37.1 Å². The van der Waals surface area contributed by atoms with E-state index >= 15 is 0 Å². The Bertz CT molecular complexity index is 710. The fourth-order valence-corrected chi connectivity index (χ4v) is 2.65. The van der Waals surface area contributed by atoms with Gasteiger partial charge >= 0.3 is 5.69 Å². The molecule has 0 aliphatic heterocycles. The zero-order valence-corrected chi connectivity index (χ0v) is 11.5. The third kappa shape index (κ3) is 2.21. The summed E-state index contributed by atoms with van der Waals surface area (Å²) >= 11 is 0. The number of nitrogens with one attached hydrogen (secondary N) is 1. The van der Waals surface area contributed by atoms with Crippen LogP contribution < -0.4 is 11.3 Å². The van der Waals surface area contributed by atoms with Crippen molar-refractivity contribution in [2.75, 3.05) is 5.43 Å². The molecule has 0 bridgehead atoms. The highest BCUT2D eigenvalue weighted by Gasteiger charge is 2.26. The number of nitrogens with two attached hydrogens (primary N) is 1. The number of aryl methyl sites for hydroxylation is 2. The molecule has 2 aromatic heterocycles. The summed E-state index contributed by atoms with van der Waals surface area (Å²) in [6.07, 6.45) is 5.44. The number of rotatable bonds is 3. The second kappa shape index (κ2) is 5.09. The van der Waals surface area contributed by atoms with E-state index < -0.39 is 4.92 Å². The highest BCUT2D eigenvalue weighted by atomic mass is 16.6. The van der Waals surface area contributed by atoms with Crippen LogP contribution in [0.15, 0.2) is 6.33 Å². The summed E-state index contributed by atoms with van der Waals surface area (Å²) < 4.78 is 1.68. The Hall–Kier alpha value is -2.55. The van der Waals surface area contributed by atoms with E-state index in [9.17, 15) is 10.1 Å². The second-order valence-electron chi connectivity index (χ2n) is 4.92. The predicted molar refractivity (Wildman–Crippen MR) is 75.0 cm³/mol. The van der Waals surface area contributed by atoms with Crippen LogP contribution in [0.25, 0.3) is 5.82 Å². The first-order valence-corrected chi connectivity index (χ1v) is 6.67. The van der Waals surface area contributed by atoms with Crippen molar-refractivity contribution in [3.63, 3.8) is 0 Å². The van der Waals surface area contributed by atoms with Gasteiger partial charge in [-0.1, -0.05) is 0 Å². The van der Waals surface area contributed by atoms with Crippen LogP contribution in [0.1, 0.15) is 29.9 Å². The minimum absolute atomic E-state index is 0.125. The van der Waals surface area contributed by atoms with Gasteiger partial charge in [0.25, 0.3) is 0 Å². The molecule has 3 rings (SSSR count). The molecule has 0 spiro atoms. The smallest absolute Gasteiger partial charge is 0.292 e. The van der Waals surface area contributed by atoms with Crippen LogP contribution in [0.5, 0.6) is 0 Å². The van der Waals surface area contributed by atoms with Crippen LogP contribution in [0.2, 0.25) is 0 Å². The van der Waals surface area contributed by atoms with Gasteiger partial charge in [0.15, 0.2) is 0 Å². The van der Waals surface area contributed by atoms with Gasteiger partial charge in [-0.25, -0.2) is 15.8 Å². The van der Waals surface area contributed by atoms with Gasteiger partial charge in [-0.05, 0) is 32.6 Å². The van der Waals surface area contributed by atoms with E-state index in [1.54, 1.807) is 17.8 Å². The minimum atomic E-state index is -0.472. The number of aromatic nitrogens is 4. The molecule has 0 amide bonds. The van der Waals surface area contributed by atoms with E-state index in [-0.39, 0.29) is 23.1 Å². The predicted octanol–water partition coefficient (Wildman–Crippen LogP) is 1.04. The number of hydrogen-bond donors (Lipinski definition) is 2. The van der Waals surface area contributed by atoms with E-state index in [0.29, 0.717) is 0 Å². The molecular weight excluding hydrogens is 274 g/mol. The van der Waals surface area contributed by atoms with Crippen LogP contribution in [-0.2, 0) is 12.8 Å². The summed E-state index contributed by atoms with van der Waals surface area (Å²) in [5.74, 6) is 5.68. The van der Waals surface area contributed by atoms with Crippen LogP contribution in [0, 0.1) is 17.0 Å². The summed E-state index contributed by atoms with van der Waals surface area (Å²) in [5.41, 5.74) is 4.43. The molecule has 9 heteroatoms. The number of imidazole rings is 1. The molecule has 110 valence electrons. The van der Waals surface area contributed by atoms with Crippen LogP contribution in [-0.4, -0.2) is 24.4 Å². The van der Waals surface area contributed by atoms with Gasteiger partial charge in [0, 0.05) is 5.69 Å². The summed E-state index contributed by atoms with van der Waals surface area (Å²) in [5, 5.41) is 11.3. The van der Waals surface area contributed by atoms with E-state index in [4.69, 9.17) is 5.84 Å². The van der Waals surface area contributed by atoms with E-state index in [1.165, 1.54) is 0 Å². The molecule has 2 heterocycles. The lowest BCUT2D eigenvalue weighted by Gasteiger charge is -2.14. The largest absolute Gasteiger partial charge is 0.333 e. The first-order valence-electron chi connectivity index (χ1n) is 6.67.